The van der Waals surface area contributed by atoms with E-state index in [4.69, 9.17) is 0 Å². The van der Waals surface area contributed by atoms with E-state index in [1.165, 1.54) is 0 Å². The molecule has 1 aromatic heterocycles. The molecule has 2 aromatic rings. The summed E-state index contributed by atoms with van der Waals surface area (Å²) in [6.45, 7) is 0.408. The first-order valence-corrected chi connectivity index (χ1v) is 6.47. The number of nitrogens with zero attached hydrogens (tertiary/aromatic N) is 2. The lowest BCUT2D eigenvalue weighted by Gasteiger charge is -2.37. The van der Waals surface area contributed by atoms with Gasteiger partial charge in [-0.3, -0.25) is 4.98 Å². The molecule has 0 aliphatic carbocycles. The first kappa shape index (κ1) is 10.8. The highest BCUT2D eigenvalue weighted by atomic mass is 32.2. The standard InChI is InChI=1S/C13H12N2OS/c16-15(9-11-5-3-4-8-14-11)10-17-13-7-2-1-6-12(13)15/h1-8H,9-10H2. The van der Waals surface area contributed by atoms with E-state index >= 15 is 0 Å². The van der Waals surface area contributed by atoms with Crippen molar-refractivity contribution in [3.05, 3.63) is 59.6 Å². The molecular weight excluding hydrogens is 232 g/mol. The zero-order chi connectivity index (χ0) is 11.7. The maximum Gasteiger partial charge on any atom is 0.147 e. The van der Waals surface area contributed by atoms with Gasteiger partial charge in [0, 0.05) is 12.3 Å². The van der Waals surface area contributed by atoms with E-state index in [1.807, 2.05) is 42.5 Å². The van der Waals surface area contributed by atoms with E-state index in [-0.39, 0.29) is 4.65 Å². The molecule has 0 fully saturated rings. The van der Waals surface area contributed by atoms with Crippen molar-refractivity contribution in [2.24, 2.45) is 0 Å². The van der Waals surface area contributed by atoms with Crippen LogP contribution in [0.4, 0.5) is 5.69 Å². The van der Waals surface area contributed by atoms with Crippen LogP contribution >= 0.6 is 11.8 Å². The number of quaternary nitrogens is 1. The number of hydrogen-bond donors (Lipinski definition) is 0. The van der Waals surface area contributed by atoms with E-state index in [2.05, 4.69) is 4.98 Å². The molecule has 3 rings (SSSR count). The molecule has 3 nitrogen and oxygen atoms in total. The van der Waals surface area contributed by atoms with Crippen LogP contribution in [-0.4, -0.2) is 10.9 Å². The predicted octanol–water partition coefficient (Wildman–Crippen LogP) is 3.15. The van der Waals surface area contributed by atoms with Crippen molar-refractivity contribution in [1.29, 1.82) is 0 Å². The monoisotopic (exact) mass is 244 g/mol. The summed E-state index contributed by atoms with van der Waals surface area (Å²) in [5.41, 5.74) is 1.71. The van der Waals surface area contributed by atoms with Crippen LogP contribution in [0.15, 0.2) is 53.6 Å². The Kier molecular flexibility index (Phi) is 2.63. The number of hydroxylamine groups is 2. The minimum atomic E-state index is -0.308. The van der Waals surface area contributed by atoms with Crippen molar-refractivity contribution in [1.82, 2.24) is 9.63 Å². The lowest BCUT2D eigenvalue weighted by molar-refractivity contribution is 0.421. The van der Waals surface area contributed by atoms with Gasteiger partial charge in [0.25, 0.3) is 0 Å². The number of rotatable bonds is 2. The molecule has 1 aromatic carbocycles. The van der Waals surface area contributed by atoms with Crippen LogP contribution in [-0.2, 0) is 6.54 Å². The Morgan fingerprint density at radius 3 is 2.82 bits per heavy atom. The summed E-state index contributed by atoms with van der Waals surface area (Å²) in [6.07, 6.45) is 1.73. The number of pyridine rings is 1. The Morgan fingerprint density at radius 2 is 2.00 bits per heavy atom. The van der Waals surface area contributed by atoms with Crippen LogP contribution in [0.2, 0.25) is 0 Å². The highest BCUT2D eigenvalue weighted by Gasteiger charge is 2.31. The van der Waals surface area contributed by atoms with Crippen LogP contribution in [0.3, 0.4) is 0 Å². The van der Waals surface area contributed by atoms with E-state index in [0.29, 0.717) is 12.4 Å². The first-order chi connectivity index (χ1) is 8.28. The maximum absolute atomic E-state index is 12.8. The molecule has 1 aliphatic heterocycles. The molecule has 86 valence electrons. The summed E-state index contributed by atoms with van der Waals surface area (Å²) in [5.74, 6) is 0.538. The molecule has 1 aliphatic rings. The minimum Gasteiger partial charge on any atom is -0.626 e. The first-order valence-electron chi connectivity index (χ1n) is 5.48. The summed E-state index contributed by atoms with van der Waals surface area (Å²) >= 11 is 1.63. The summed E-state index contributed by atoms with van der Waals surface area (Å²) in [7, 11) is 0. The van der Waals surface area contributed by atoms with Gasteiger partial charge in [0.1, 0.15) is 18.1 Å². The van der Waals surface area contributed by atoms with Gasteiger partial charge < -0.3 is 9.85 Å². The molecule has 4 heteroatoms. The summed E-state index contributed by atoms with van der Waals surface area (Å²) in [6, 6.07) is 13.5. The molecule has 0 radical (unpaired) electrons. The summed E-state index contributed by atoms with van der Waals surface area (Å²) in [5, 5.41) is 12.8. The Bertz CT molecular complexity index is 532. The minimum absolute atomic E-state index is 0.308. The normalized spacial score (nSPS) is 22.4. The molecule has 0 bridgehead atoms. The smallest absolute Gasteiger partial charge is 0.147 e. The van der Waals surface area contributed by atoms with Gasteiger partial charge in [0.15, 0.2) is 0 Å². The number of thioether (sulfide) groups is 1. The van der Waals surface area contributed by atoms with Crippen LogP contribution in [0.25, 0.3) is 0 Å². The van der Waals surface area contributed by atoms with E-state index < -0.39 is 0 Å². The number of aromatic nitrogens is 1. The summed E-state index contributed by atoms with van der Waals surface area (Å²) in [4.78, 5) is 5.33. The number of para-hydroxylation sites is 1. The molecule has 0 saturated heterocycles. The quantitative estimate of drug-likeness (QED) is 0.601. The zero-order valence-electron chi connectivity index (χ0n) is 9.24. The van der Waals surface area contributed by atoms with Crippen molar-refractivity contribution in [3.63, 3.8) is 0 Å². The molecule has 1 unspecified atom stereocenters. The van der Waals surface area contributed by atoms with E-state index in [0.717, 1.165) is 16.3 Å². The molecule has 0 spiro atoms. The molecule has 0 N–H and O–H groups in total. The van der Waals surface area contributed by atoms with Crippen molar-refractivity contribution in [3.8, 4) is 0 Å². The van der Waals surface area contributed by atoms with E-state index in [9.17, 15) is 5.21 Å². The van der Waals surface area contributed by atoms with Crippen molar-refractivity contribution >= 4 is 17.4 Å². The lowest BCUT2D eigenvalue weighted by atomic mass is 10.2. The van der Waals surface area contributed by atoms with Gasteiger partial charge in [-0.2, -0.15) is 0 Å². The molecular formula is C13H12N2OS. The summed E-state index contributed by atoms with van der Waals surface area (Å²) < 4.78 is -0.308. The SMILES string of the molecule is [O-][N+]1(Cc2ccccn2)CSc2ccccc21. The van der Waals surface area contributed by atoms with Crippen molar-refractivity contribution in [2.45, 2.75) is 11.4 Å². The molecule has 2 heterocycles. The molecule has 0 amide bonds. The van der Waals surface area contributed by atoms with Gasteiger partial charge in [0.05, 0.1) is 10.6 Å². The third-order valence-corrected chi connectivity index (χ3v) is 4.08. The lowest BCUT2D eigenvalue weighted by Crippen LogP contribution is -2.39. The highest BCUT2D eigenvalue weighted by Crippen LogP contribution is 2.43. The third kappa shape index (κ3) is 1.95. The van der Waals surface area contributed by atoms with Gasteiger partial charge in [-0.15, -0.1) is 0 Å². The number of fused-ring (bicyclic) bond motifs is 1. The van der Waals surface area contributed by atoms with Gasteiger partial charge in [-0.05, 0) is 18.2 Å². The van der Waals surface area contributed by atoms with Gasteiger partial charge in [-0.25, -0.2) is 0 Å². The molecule has 1 atom stereocenters. The highest BCUT2D eigenvalue weighted by molar-refractivity contribution is 7.99. The second kappa shape index (κ2) is 4.14. The van der Waals surface area contributed by atoms with Crippen LogP contribution < -0.4 is 4.65 Å². The van der Waals surface area contributed by atoms with Crippen molar-refractivity contribution < 1.29 is 0 Å². The second-order valence-electron chi connectivity index (χ2n) is 4.11. The average molecular weight is 244 g/mol. The largest absolute Gasteiger partial charge is 0.626 e. The Balaban J connectivity index is 1.94. The zero-order valence-corrected chi connectivity index (χ0v) is 10.1. The molecule has 0 saturated carbocycles. The van der Waals surface area contributed by atoms with Crippen LogP contribution in [0.1, 0.15) is 5.69 Å². The fourth-order valence-electron chi connectivity index (χ4n) is 2.04. The fourth-order valence-corrected chi connectivity index (χ4v) is 3.18. The number of benzene rings is 1. The van der Waals surface area contributed by atoms with E-state index in [1.54, 1.807) is 18.0 Å². The third-order valence-electron chi connectivity index (χ3n) is 2.88. The topological polar surface area (TPSA) is 36.0 Å². The van der Waals surface area contributed by atoms with Crippen LogP contribution in [0.5, 0.6) is 0 Å². The predicted molar refractivity (Wildman–Crippen MR) is 70.3 cm³/mol. The Labute approximate surface area is 104 Å². The second-order valence-corrected chi connectivity index (χ2v) is 5.10. The average Bonchev–Trinajstić information content (AvgIpc) is 2.69. The van der Waals surface area contributed by atoms with Crippen molar-refractivity contribution in [2.75, 3.05) is 5.88 Å². The van der Waals surface area contributed by atoms with Crippen LogP contribution in [0, 0.1) is 5.21 Å². The fraction of sp³-hybridized carbons (Fsp3) is 0.154. The number of hydrogen-bond acceptors (Lipinski definition) is 3. The van der Waals surface area contributed by atoms with Gasteiger partial charge in [0.2, 0.25) is 0 Å². The maximum atomic E-state index is 12.8. The van der Waals surface area contributed by atoms with Gasteiger partial charge in [-0.1, -0.05) is 30.0 Å². The van der Waals surface area contributed by atoms with Gasteiger partial charge >= 0.3 is 0 Å². The Morgan fingerprint density at radius 1 is 1.18 bits per heavy atom. The Hall–Kier alpha value is -1.36. The molecule has 17 heavy (non-hydrogen) atoms.